The van der Waals surface area contributed by atoms with Crippen LogP contribution in [-0.2, 0) is 11.0 Å². The van der Waals surface area contributed by atoms with Gasteiger partial charge in [-0.1, -0.05) is 12.0 Å². The van der Waals surface area contributed by atoms with E-state index in [1.54, 1.807) is 11.0 Å². The molecule has 0 saturated heterocycles. The van der Waals surface area contributed by atoms with E-state index in [0.29, 0.717) is 17.2 Å². The molecule has 114 valence electrons. The largest absolute Gasteiger partial charge is 0.480 e. The number of rotatable bonds is 7. The van der Waals surface area contributed by atoms with Gasteiger partial charge >= 0.3 is 12.1 Å². The van der Waals surface area contributed by atoms with Gasteiger partial charge in [0.05, 0.1) is 18.7 Å². The number of carbonyl (C=O) groups is 1. The molecule has 0 aliphatic rings. The van der Waals surface area contributed by atoms with Gasteiger partial charge in [-0.3, -0.25) is 9.69 Å². The Balaban J connectivity index is 2.55. The Hall–Kier alpha value is -1.65. The van der Waals surface area contributed by atoms with Gasteiger partial charge in [-0.2, -0.15) is 13.2 Å². The van der Waals surface area contributed by atoms with E-state index < -0.39 is 17.7 Å². The van der Waals surface area contributed by atoms with Crippen LogP contribution in [-0.4, -0.2) is 41.4 Å². The number of carboxylic acid groups (broad SMARTS) is 1. The van der Waals surface area contributed by atoms with Gasteiger partial charge in [-0.05, 0) is 18.2 Å². The number of thioether (sulfide) groups is 1. The van der Waals surface area contributed by atoms with Gasteiger partial charge in [-0.25, -0.2) is 0 Å². The Bertz CT molecular complexity index is 526. The fourth-order valence-corrected chi connectivity index (χ4v) is 2.56. The van der Waals surface area contributed by atoms with Crippen molar-refractivity contribution >= 4 is 17.7 Å². The summed E-state index contributed by atoms with van der Waals surface area (Å²) in [7, 11) is 0. The van der Waals surface area contributed by atoms with E-state index in [-0.39, 0.29) is 13.1 Å². The van der Waals surface area contributed by atoms with E-state index >= 15 is 0 Å². The molecule has 0 aliphatic carbocycles. The lowest BCUT2D eigenvalue weighted by Crippen LogP contribution is -2.32. The summed E-state index contributed by atoms with van der Waals surface area (Å²) < 4.78 is 37.7. The van der Waals surface area contributed by atoms with E-state index in [0.717, 1.165) is 12.1 Å². The molecule has 1 N–H and O–H groups in total. The Labute approximate surface area is 125 Å². The van der Waals surface area contributed by atoms with Crippen molar-refractivity contribution in [1.82, 2.24) is 4.90 Å². The lowest BCUT2D eigenvalue weighted by Gasteiger charge is -2.17. The Morgan fingerprint density at radius 3 is 2.71 bits per heavy atom. The maximum absolute atomic E-state index is 12.6. The lowest BCUT2D eigenvalue weighted by molar-refractivity contribution is -0.138. The maximum Gasteiger partial charge on any atom is 0.416 e. The highest BCUT2D eigenvalue weighted by atomic mass is 32.2. The van der Waals surface area contributed by atoms with Crippen LogP contribution in [0.15, 0.2) is 29.2 Å². The van der Waals surface area contributed by atoms with E-state index in [4.69, 9.17) is 11.5 Å². The Morgan fingerprint density at radius 1 is 1.43 bits per heavy atom. The van der Waals surface area contributed by atoms with Crippen LogP contribution in [0.4, 0.5) is 13.2 Å². The summed E-state index contributed by atoms with van der Waals surface area (Å²) in [5.41, 5.74) is -0.696. The van der Waals surface area contributed by atoms with Gasteiger partial charge in [-0.15, -0.1) is 18.2 Å². The molecule has 0 heterocycles. The first-order valence-electron chi connectivity index (χ1n) is 6.00. The molecule has 0 fully saturated rings. The average molecular weight is 317 g/mol. The zero-order valence-corrected chi connectivity index (χ0v) is 11.9. The van der Waals surface area contributed by atoms with E-state index in [1.807, 2.05) is 0 Å². The van der Waals surface area contributed by atoms with Crippen molar-refractivity contribution in [3.05, 3.63) is 29.8 Å². The third-order valence-electron chi connectivity index (χ3n) is 2.51. The van der Waals surface area contributed by atoms with E-state index in [9.17, 15) is 18.0 Å². The van der Waals surface area contributed by atoms with Crippen LogP contribution in [0.3, 0.4) is 0 Å². The van der Waals surface area contributed by atoms with Crippen molar-refractivity contribution < 1.29 is 23.1 Å². The summed E-state index contributed by atoms with van der Waals surface area (Å²) in [6.45, 7) is 0.389. The second-order valence-electron chi connectivity index (χ2n) is 4.18. The number of carboxylic acids is 1. The summed E-state index contributed by atoms with van der Waals surface area (Å²) in [4.78, 5) is 12.7. The quantitative estimate of drug-likeness (QED) is 0.620. The molecule has 0 amide bonds. The fraction of sp³-hybridized carbons (Fsp3) is 0.357. The van der Waals surface area contributed by atoms with Gasteiger partial charge in [0.25, 0.3) is 0 Å². The molecule has 0 bridgehead atoms. The van der Waals surface area contributed by atoms with Crippen LogP contribution in [0.25, 0.3) is 0 Å². The molecule has 0 unspecified atom stereocenters. The summed E-state index contributed by atoms with van der Waals surface area (Å²) in [5.74, 6) is 1.82. The molecule has 1 rings (SSSR count). The molecule has 7 heteroatoms. The second-order valence-corrected chi connectivity index (χ2v) is 5.35. The molecule has 0 radical (unpaired) electrons. The van der Waals surface area contributed by atoms with Gasteiger partial charge in [0.1, 0.15) is 0 Å². The van der Waals surface area contributed by atoms with Crippen LogP contribution in [0.1, 0.15) is 5.56 Å². The molecule has 0 aromatic heterocycles. The molecular formula is C14H14F3NO2S. The molecule has 3 nitrogen and oxygen atoms in total. The molecule has 0 spiro atoms. The number of alkyl halides is 3. The minimum atomic E-state index is -4.37. The molecule has 21 heavy (non-hydrogen) atoms. The molecule has 0 aliphatic heterocycles. The smallest absolute Gasteiger partial charge is 0.416 e. The van der Waals surface area contributed by atoms with Crippen molar-refractivity contribution in [1.29, 1.82) is 0 Å². The van der Waals surface area contributed by atoms with Gasteiger partial charge in [0, 0.05) is 17.2 Å². The van der Waals surface area contributed by atoms with Crippen molar-refractivity contribution in [2.45, 2.75) is 11.1 Å². The number of hydrogen-bond donors (Lipinski definition) is 1. The molecule has 1 aromatic rings. The van der Waals surface area contributed by atoms with Gasteiger partial charge in [0.15, 0.2) is 0 Å². The summed E-state index contributed by atoms with van der Waals surface area (Å²) in [6, 6.07) is 5.02. The van der Waals surface area contributed by atoms with E-state index in [2.05, 4.69) is 5.92 Å². The number of terminal acetylenes is 1. The van der Waals surface area contributed by atoms with Crippen molar-refractivity contribution in [2.24, 2.45) is 0 Å². The van der Waals surface area contributed by atoms with Crippen LogP contribution in [0.5, 0.6) is 0 Å². The topological polar surface area (TPSA) is 40.5 Å². The molecular weight excluding hydrogens is 303 g/mol. The first-order valence-corrected chi connectivity index (χ1v) is 6.99. The van der Waals surface area contributed by atoms with Crippen LogP contribution in [0.2, 0.25) is 0 Å². The third kappa shape index (κ3) is 6.56. The molecule has 1 aromatic carbocycles. The number of hydrogen-bond acceptors (Lipinski definition) is 3. The minimum Gasteiger partial charge on any atom is -0.480 e. The fourth-order valence-electron chi connectivity index (χ4n) is 1.59. The van der Waals surface area contributed by atoms with Crippen LogP contribution in [0, 0.1) is 12.3 Å². The zero-order valence-electron chi connectivity index (χ0n) is 11.1. The molecule has 0 atom stereocenters. The number of benzene rings is 1. The first-order chi connectivity index (χ1) is 9.82. The highest BCUT2D eigenvalue weighted by molar-refractivity contribution is 7.99. The second kappa shape index (κ2) is 7.96. The van der Waals surface area contributed by atoms with Crippen molar-refractivity contribution in [3.63, 3.8) is 0 Å². The van der Waals surface area contributed by atoms with Crippen LogP contribution < -0.4 is 0 Å². The number of aliphatic carboxylic acids is 1. The summed E-state index contributed by atoms with van der Waals surface area (Å²) in [6.07, 6.45) is 0.774. The number of halogens is 3. The van der Waals surface area contributed by atoms with Crippen LogP contribution >= 0.6 is 11.8 Å². The predicted octanol–water partition coefficient (Wildman–Crippen LogP) is 2.82. The third-order valence-corrected chi connectivity index (χ3v) is 3.49. The Morgan fingerprint density at radius 2 is 2.14 bits per heavy atom. The number of nitrogens with zero attached hydrogens (tertiary/aromatic N) is 1. The van der Waals surface area contributed by atoms with Gasteiger partial charge in [0.2, 0.25) is 0 Å². The predicted molar refractivity (Wildman–Crippen MR) is 75.1 cm³/mol. The SMILES string of the molecule is C#CCN(CCSc1cccc(C(F)(F)F)c1)CC(=O)O. The summed E-state index contributed by atoms with van der Waals surface area (Å²) in [5, 5.41) is 8.71. The highest BCUT2D eigenvalue weighted by Gasteiger charge is 2.30. The summed E-state index contributed by atoms with van der Waals surface area (Å²) >= 11 is 1.23. The maximum atomic E-state index is 12.6. The van der Waals surface area contributed by atoms with Gasteiger partial charge < -0.3 is 5.11 Å². The monoisotopic (exact) mass is 317 g/mol. The normalized spacial score (nSPS) is 11.4. The average Bonchev–Trinajstić information content (AvgIpc) is 2.37. The lowest BCUT2D eigenvalue weighted by atomic mass is 10.2. The molecule has 0 saturated carbocycles. The standard InChI is InChI=1S/C14H14F3NO2S/c1-2-6-18(10-13(19)20)7-8-21-12-5-3-4-11(9-12)14(15,16)17/h1,3-5,9H,6-8,10H2,(H,19,20). The highest BCUT2D eigenvalue weighted by Crippen LogP contribution is 2.31. The van der Waals surface area contributed by atoms with Crippen molar-refractivity contribution in [3.8, 4) is 12.3 Å². The van der Waals surface area contributed by atoms with Crippen molar-refractivity contribution in [2.75, 3.05) is 25.4 Å². The minimum absolute atomic E-state index is 0.187. The first kappa shape index (κ1) is 17.4. The zero-order chi connectivity index (χ0) is 15.9. The van der Waals surface area contributed by atoms with E-state index in [1.165, 1.54) is 17.8 Å². The Kier molecular flexibility index (Phi) is 6.59.